The fraction of sp³-hybridized carbons (Fsp3) is 0.250. The Balaban J connectivity index is 0.000000171. The van der Waals surface area contributed by atoms with Crippen molar-refractivity contribution in [3.63, 3.8) is 0 Å². The minimum atomic E-state index is -0.546. The van der Waals surface area contributed by atoms with Crippen molar-refractivity contribution >= 4 is 95.3 Å². The Hall–Kier alpha value is -6.98. The smallest absolute Gasteiger partial charge is 0 e. The molecule has 0 spiro atoms. The molecule has 12 rings (SSSR count). The predicted molar refractivity (Wildman–Crippen MR) is 454 cm³/mol. The minimum Gasteiger partial charge on any atom is -0.0586 e. The topological polar surface area (TPSA) is 0 Å². The van der Waals surface area contributed by atoms with Crippen LogP contribution in [0.1, 0.15) is 134 Å². The van der Waals surface area contributed by atoms with Gasteiger partial charge in [0.2, 0.25) is 0 Å². The molecule has 0 saturated carbocycles. The van der Waals surface area contributed by atoms with Crippen molar-refractivity contribution in [1.29, 1.82) is 0 Å². The normalized spacial score (nSPS) is 11.0. The van der Waals surface area contributed by atoms with Crippen LogP contribution in [0.4, 0.5) is 0 Å². The first-order valence-corrected chi connectivity index (χ1v) is 40.9. The molecule has 0 unspecified atom stereocenters. The number of rotatable bonds is 12. The van der Waals surface area contributed by atoms with Crippen LogP contribution in [0, 0.1) is 166 Å². The van der Waals surface area contributed by atoms with E-state index in [2.05, 4.69) is 385 Å². The molecule has 12 aromatic rings. The molecule has 0 aliphatic carbocycles. The summed E-state index contributed by atoms with van der Waals surface area (Å²) in [4.78, 5) is 0. The summed E-state index contributed by atoms with van der Waals surface area (Å²) in [6, 6.07) is 83.0. The average molecular weight is 1490 g/mol. The molecule has 0 nitrogen and oxygen atoms in total. The summed E-state index contributed by atoms with van der Waals surface area (Å²) in [6.45, 7) is 53.1. The molecule has 0 radical (unpaired) electrons. The average Bonchev–Trinajstić information content (AvgIpc) is 0.800. The number of hydrogen-bond donors (Lipinski definition) is 0. The van der Waals surface area contributed by atoms with Gasteiger partial charge in [-0.25, -0.2) is 0 Å². The van der Waals surface area contributed by atoms with E-state index in [4.69, 9.17) is 0 Å². The van der Waals surface area contributed by atoms with Crippen molar-refractivity contribution in [2.75, 3.05) is 0 Å². The zero-order valence-electron chi connectivity index (χ0n) is 64.9. The summed E-state index contributed by atoms with van der Waals surface area (Å²) in [6.07, 6.45) is 0. The van der Waals surface area contributed by atoms with E-state index in [0.717, 1.165) is 0 Å². The zero-order valence-corrected chi connectivity index (χ0v) is 70.0. The molecule has 12 aromatic carbocycles. The molecule has 0 bridgehead atoms. The molecular weight excluding hydrogens is 1380 g/mol. The third-order valence-electron chi connectivity index (χ3n) is 19.1. The van der Waals surface area contributed by atoms with Crippen LogP contribution in [0.3, 0.4) is 0 Å². The van der Waals surface area contributed by atoms with Crippen molar-refractivity contribution in [2.45, 2.75) is 166 Å². The van der Waals surface area contributed by atoms with Crippen LogP contribution in [0.25, 0.3) is 0 Å². The molecule has 0 aliphatic heterocycles. The quantitative estimate of drug-likeness (QED) is 0.0845. The summed E-state index contributed by atoms with van der Waals surface area (Å²) in [7, 11) is -2.18. The van der Waals surface area contributed by atoms with Gasteiger partial charge in [-0.3, -0.25) is 0 Å². The Labute approximate surface area is 629 Å². The fourth-order valence-electron chi connectivity index (χ4n) is 14.2. The molecule has 0 aliphatic rings. The largest absolute Gasteiger partial charge is 0.0586 e. The van der Waals surface area contributed by atoms with Gasteiger partial charge in [-0.1, -0.05) is 285 Å². The van der Waals surface area contributed by atoms with Gasteiger partial charge in [0, 0.05) is 20.4 Å². The second-order valence-electron chi connectivity index (χ2n) is 28.8. The molecule has 0 N–H and O–H groups in total. The molecule has 0 heterocycles. The maximum atomic E-state index is 2.34. The van der Waals surface area contributed by atoms with Crippen LogP contribution < -0.4 is 63.7 Å². The van der Waals surface area contributed by atoms with E-state index in [1.54, 1.807) is 0 Å². The Kier molecular flexibility index (Phi) is 28.0. The summed E-state index contributed by atoms with van der Waals surface area (Å²) in [5.74, 6) is 0. The molecule has 0 aromatic heterocycles. The standard InChI is InChI=1S/4C24H27P.Pd/c4*1-16-7-10-22(19(4)13-16)25(23-11-8-17(2)14-20(23)5)24-12-9-18(3)15-21(24)6;/h4*7-15H,1-6H3;. The predicted octanol–water partition coefficient (Wildman–Crippen LogP) is 21.2. The third kappa shape index (κ3) is 19.9. The van der Waals surface area contributed by atoms with E-state index < -0.39 is 31.7 Å². The molecular formula is C96H108P4Pd. The molecule has 522 valence electrons. The summed E-state index contributed by atoms with van der Waals surface area (Å²) < 4.78 is 0. The van der Waals surface area contributed by atoms with Gasteiger partial charge >= 0.3 is 0 Å². The maximum Gasteiger partial charge on any atom is 0 e. The summed E-state index contributed by atoms with van der Waals surface area (Å²) in [5, 5.41) is 17.7. The van der Waals surface area contributed by atoms with Gasteiger partial charge in [-0.15, -0.1) is 0 Å². The second kappa shape index (κ2) is 35.5. The van der Waals surface area contributed by atoms with E-state index in [1.807, 2.05) is 0 Å². The van der Waals surface area contributed by atoms with E-state index in [-0.39, 0.29) is 20.4 Å². The summed E-state index contributed by atoms with van der Waals surface area (Å²) >= 11 is 0. The minimum absolute atomic E-state index is 0. The molecule has 101 heavy (non-hydrogen) atoms. The van der Waals surface area contributed by atoms with Crippen molar-refractivity contribution < 1.29 is 20.4 Å². The zero-order chi connectivity index (χ0) is 72.5. The van der Waals surface area contributed by atoms with Crippen LogP contribution in [0.2, 0.25) is 0 Å². The molecule has 0 saturated heterocycles. The van der Waals surface area contributed by atoms with E-state index in [9.17, 15) is 0 Å². The van der Waals surface area contributed by atoms with E-state index in [1.165, 1.54) is 197 Å². The van der Waals surface area contributed by atoms with Gasteiger partial charge in [0.25, 0.3) is 0 Å². The van der Waals surface area contributed by atoms with Gasteiger partial charge in [-0.2, -0.15) is 0 Å². The molecule has 0 fully saturated rings. The Morgan fingerprint density at radius 3 is 0.248 bits per heavy atom. The number of aryl methyl sites for hydroxylation is 24. The van der Waals surface area contributed by atoms with Crippen LogP contribution in [0.5, 0.6) is 0 Å². The molecule has 5 heteroatoms. The monoisotopic (exact) mass is 1490 g/mol. The third-order valence-corrected chi connectivity index (χ3v) is 30.9. The SMILES string of the molecule is Cc1ccc(P(c2ccc(C)cc2C)c2ccc(C)cc2C)c(C)c1.Cc1ccc(P(c2ccc(C)cc2C)c2ccc(C)cc2C)c(C)c1.Cc1ccc(P(c2ccc(C)cc2C)c2ccc(C)cc2C)c(C)c1.Cc1ccc(P(c2ccc(C)cc2C)c2ccc(C)cc2C)c(C)c1.[Pd]. The van der Waals surface area contributed by atoms with E-state index >= 15 is 0 Å². The van der Waals surface area contributed by atoms with Crippen molar-refractivity contribution in [3.05, 3.63) is 352 Å². The Morgan fingerprint density at radius 1 is 0.119 bits per heavy atom. The Morgan fingerprint density at radius 2 is 0.188 bits per heavy atom. The second-order valence-corrected chi connectivity index (χ2v) is 37.3. The first-order chi connectivity index (χ1) is 47.5. The van der Waals surface area contributed by atoms with Crippen molar-refractivity contribution in [3.8, 4) is 0 Å². The van der Waals surface area contributed by atoms with Gasteiger partial charge in [0.05, 0.1) is 0 Å². The van der Waals surface area contributed by atoms with Crippen LogP contribution >= 0.6 is 31.7 Å². The van der Waals surface area contributed by atoms with Crippen molar-refractivity contribution in [1.82, 2.24) is 0 Å². The van der Waals surface area contributed by atoms with Crippen LogP contribution in [0.15, 0.2) is 218 Å². The maximum absolute atomic E-state index is 2.34. The molecule has 0 atom stereocenters. The Bertz CT molecular complexity index is 3820. The van der Waals surface area contributed by atoms with Crippen LogP contribution in [-0.2, 0) is 20.4 Å². The first kappa shape index (κ1) is 79.7. The molecule has 0 amide bonds. The van der Waals surface area contributed by atoms with Crippen molar-refractivity contribution in [2.24, 2.45) is 0 Å². The number of hydrogen-bond acceptors (Lipinski definition) is 0. The van der Waals surface area contributed by atoms with Gasteiger partial charge < -0.3 is 0 Å². The fourth-order valence-corrected chi connectivity index (χ4v) is 25.0. The number of benzene rings is 12. The summed E-state index contributed by atoms with van der Waals surface area (Å²) in [5.41, 5.74) is 32.7. The first-order valence-electron chi connectivity index (χ1n) is 35.5. The van der Waals surface area contributed by atoms with Gasteiger partial charge in [0.1, 0.15) is 0 Å². The van der Waals surface area contributed by atoms with Gasteiger partial charge in [0.15, 0.2) is 0 Å². The van der Waals surface area contributed by atoms with E-state index in [0.29, 0.717) is 0 Å². The van der Waals surface area contributed by atoms with Crippen LogP contribution in [-0.4, -0.2) is 0 Å². The van der Waals surface area contributed by atoms with Gasteiger partial charge in [-0.05, 0) is 328 Å².